The number of nitrogens with zero attached hydrogens (tertiary/aromatic N) is 4. The van der Waals surface area contributed by atoms with E-state index in [9.17, 15) is 0 Å². The van der Waals surface area contributed by atoms with Crippen LogP contribution in [-0.2, 0) is 13.5 Å². The van der Waals surface area contributed by atoms with Gasteiger partial charge >= 0.3 is 0 Å². The molecule has 2 aromatic rings. The molecule has 4 rings (SSSR count). The van der Waals surface area contributed by atoms with E-state index in [-0.39, 0.29) is 24.0 Å². The zero-order chi connectivity index (χ0) is 20.2. The minimum absolute atomic E-state index is 0. The number of benzene rings is 1. The van der Waals surface area contributed by atoms with Gasteiger partial charge in [0.2, 0.25) is 0 Å². The molecule has 1 aromatic carbocycles. The van der Waals surface area contributed by atoms with Crippen LogP contribution in [0.5, 0.6) is 11.5 Å². The molecule has 0 aliphatic carbocycles. The first kappa shape index (κ1) is 23.0. The summed E-state index contributed by atoms with van der Waals surface area (Å²) in [5, 5.41) is 8.35. The molecule has 1 fully saturated rings. The Labute approximate surface area is 199 Å². The number of likely N-dealkylation sites (tertiary alicyclic amines) is 1. The molecule has 30 heavy (non-hydrogen) atoms. The number of hydrogen-bond acceptors (Lipinski definition) is 4. The molecule has 2 aliphatic rings. The topological polar surface area (TPSA) is 63.9 Å². The van der Waals surface area contributed by atoms with Crippen LogP contribution in [0, 0.1) is 0 Å². The predicted molar refractivity (Wildman–Crippen MR) is 130 cm³/mol. The van der Waals surface area contributed by atoms with Crippen LogP contribution < -0.4 is 14.8 Å². The first-order valence-electron chi connectivity index (χ1n) is 10.2. The van der Waals surface area contributed by atoms with Crippen molar-refractivity contribution in [2.24, 2.45) is 12.0 Å². The lowest BCUT2D eigenvalue weighted by Gasteiger charge is -2.22. The maximum atomic E-state index is 6.35. The molecule has 0 spiro atoms. The van der Waals surface area contributed by atoms with Crippen molar-refractivity contribution in [2.45, 2.75) is 25.7 Å². The number of fused-ring (bicyclic) bond motifs is 1. The molecular formula is C21H29ClIN5O2. The molecule has 7 nitrogen and oxygen atoms in total. The van der Waals surface area contributed by atoms with Crippen LogP contribution in [0.15, 0.2) is 29.5 Å². The lowest BCUT2D eigenvalue weighted by Crippen LogP contribution is -2.40. The average Bonchev–Trinajstić information content (AvgIpc) is 3.36. The molecule has 9 heteroatoms. The molecule has 0 amide bonds. The van der Waals surface area contributed by atoms with Gasteiger partial charge in [0.25, 0.3) is 0 Å². The van der Waals surface area contributed by atoms with Crippen molar-refractivity contribution in [3.8, 4) is 11.5 Å². The number of halogens is 2. The van der Waals surface area contributed by atoms with Crippen molar-refractivity contribution in [1.29, 1.82) is 0 Å². The highest BCUT2D eigenvalue weighted by Gasteiger charge is 2.27. The Hall–Kier alpha value is -1.68. The van der Waals surface area contributed by atoms with Crippen molar-refractivity contribution in [1.82, 2.24) is 20.0 Å². The fourth-order valence-corrected chi connectivity index (χ4v) is 4.19. The normalized spacial score (nSPS) is 18.3. The van der Waals surface area contributed by atoms with Gasteiger partial charge in [0.05, 0.1) is 11.2 Å². The zero-order valence-corrected chi connectivity index (χ0v) is 20.5. The number of ether oxygens (including phenoxy) is 2. The van der Waals surface area contributed by atoms with Crippen molar-refractivity contribution in [2.75, 3.05) is 39.4 Å². The first-order valence-corrected chi connectivity index (χ1v) is 10.6. The predicted octanol–water partition coefficient (Wildman–Crippen LogP) is 3.46. The Balaban J connectivity index is 0.00000256. The van der Waals surface area contributed by atoms with Crippen LogP contribution in [0.4, 0.5) is 0 Å². The summed E-state index contributed by atoms with van der Waals surface area (Å²) in [6, 6.07) is 3.96. The summed E-state index contributed by atoms with van der Waals surface area (Å²) >= 11 is 6.35. The molecule has 2 aliphatic heterocycles. The number of nitrogens with one attached hydrogen (secondary N) is 1. The Morgan fingerprint density at radius 2 is 2.17 bits per heavy atom. The third kappa shape index (κ3) is 5.32. The first-order chi connectivity index (χ1) is 14.1. The van der Waals surface area contributed by atoms with E-state index in [1.54, 1.807) is 0 Å². The lowest BCUT2D eigenvalue weighted by atomic mass is 10.0. The van der Waals surface area contributed by atoms with E-state index in [0.717, 1.165) is 49.7 Å². The zero-order valence-electron chi connectivity index (χ0n) is 17.4. The van der Waals surface area contributed by atoms with E-state index >= 15 is 0 Å². The monoisotopic (exact) mass is 545 g/mol. The maximum Gasteiger partial charge on any atom is 0.193 e. The average molecular weight is 546 g/mol. The number of aromatic nitrogens is 2. The molecular weight excluding hydrogens is 517 g/mol. The highest BCUT2D eigenvalue weighted by atomic mass is 127. The summed E-state index contributed by atoms with van der Waals surface area (Å²) in [7, 11) is 1.96. The van der Waals surface area contributed by atoms with Crippen LogP contribution in [0.1, 0.15) is 30.4 Å². The molecule has 1 N–H and O–H groups in total. The van der Waals surface area contributed by atoms with E-state index in [0.29, 0.717) is 36.4 Å². The Morgan fingerprint density at radius 1 is 1.33 bits per heavy atom. The molecule has 3 heterocycles. The smallest absolute Gasteiger partial charge is 0.193 e. The van der Waals surface area contributed by atoms with Crippen molar-refractivity contribution in [3.63, 3.8) is 0 Å². The van der Waals surface area contributed by atoms with Crippen LogP contribution in [0.25, 0.3) is 0 Å². The second kappa shape index (κ2) is 10.6. The summed E-state index contributed by atoms with van der Waals surface area (Å²) in [5.74, 6) is 2.86. The molecule has 164 valence electrons. The standard InChI is InChI=1S/C21H28ClN5O2.HI/c1-3-23-21(27-7-5-16(14-27)17-12-25-26(2)13-17)24-6-4-15-10-18(22)20-19(11-15)28-8-9-29-20;/h10-13,16H,3-9,14H2,1-2H3,(H,23,24);1H. The summed E-state index contributed by atoms with van der Waals surface area (Å²) in [5.41, 5.74) is 2.41. The van der Waals surface area contributed by atoms with Gasteiger partial charge in [-0.15, -0.1) is 24.0 Å². The minimum atomic E-state index is 0. The summed E-state index contributed by atoms with van der Waals surface area (Å²) in [6.45, 7) is 6.70. The van der Waals surface area contributed by atoms with Gasteiger partial charge in [-0.2, -0.15) is 5.10 Å². The molecule has 1 atom stereocenters. The molecule has 1 aromatic heterocycles. The van der Waals surface area contributed by atoms with Gasteiger partial charge in [0.15, 0.2) is 17.5 Å². The van der Waals surface area contributed by atoms with Crippen LogP contribution in [-0.4, -0.2) is 60.0 Å². The summed E-state index contributed by atoms with van der Waals surface area (Å²) in [4.78, 5) is 7.21. The van der Waals surface area contributed by atoms with E-state index < -0.39 is 0 Å². The number of guanidine groups is 1. The highest BCUT2D eigenvalue weighted by molar-refractivity contribution is 14.0. The minimum Gasteiger partial charge on any atom is -0.486 e. The van der Waals surface area contributed by atoms with Gasteiger partial charge in [-0.25, -0.2) is 0 Å². The summed E-state index contributed by atoms with van der Waals surface area (Å²) < 4.78 is 13.1. The van der Waals surface area contributed by atoms with Crippen molar-refractivity contribution < 1.29 is 9.47 Å². The lowest BCUT2D eigenvalue weighted by molar-refractivity contribution is 0.171. The van der Waals surface area contributed by atoms with Gasteiger partial charge in [-0.05, 0) is 43.0 Å². The van der Waals surface area contributed by atoms with Gasteiger partial charge in [0, 0.05) is 45.3 Å². The Bertz CT molecular complexity index is 888. The second-order valence-electron chi connectivity index (χ2n) is 7.47. The Morgan fingerprint density at radius 3 is 2.93 bits per heavy atom. The number of aliphatic imine (C=N–C) groups is 1. The molecule has 0 bridgehead atoms. The fourth-order valence-electron chi connectivity index (χ4n) is 3.90. The highest BCUT2D eigenvalue weighted by Crippen LogP contribution is 2.38. The van der Waals surface area contributed by atoms with Crippen LogP contribution in [0.2, 0.25) is 5.02 Å². The van der Waals surface area contributed by atoms with Gasteiger partial charge in [-0.1, -0.05) is 11.6 Å². The SMILES string of the molecule is CCNC(=NCCc1cc(Cl)c2c(c1)OCCO2)N1CCC(c2cnn(C)c2)C1.I. The third-order valence-electron chi connectivity index (χ3n) is 5.34. The van der Waals surface area contributed by atoms with E-state index in [1.807, 2.05) is 30.1 Å². The largest absolute Gasteiger partial charge is 0.486 e. The molecule has 1 saturated heterocycles. The second-order valence-corrected chi connectivity index (χ2v) is 7.87. The number of rotatable bonds is 5. The van der Waals surface area contributed by atoms with E-state index in [1.165, 1.54) is 5.56 Å². The van der Waals surface area contributed by atoms with Gasteiger partial charge in [-0.3, -0.25) is 9.67 Å². The Kier molecular flexibility index (Phi) is 8.10. The van der Waals surface area contributed by atoms with Crippen molar-refractivity contribution in [3.05, 3.63) is 40.7 Å². The van der Waals surface area contributed by atoms with E-state index in [2.05, 4.69) is 28.4 Å². The van der Waals surface area contributed by atoms with E-state index in [4.69, 9.17) is 26.1 Å². The van der Waals surface area contributed by atoms with Gasteiger partial charge < -0.3 is 19.7 Å². The van der Waals surface area contributed by atoms with Crippen LogP contribution in [0.3, 0.4) is 0 Å². The number of hydrogen-bond donors (Lipinski definition) is 1. The van der Waals surface area contributed by atoms with Crippen LogP contribution >= 0.6 is 35.6 Å². The fraction of sp³-hybridized carbons (Fsp3) is 0.524. The van der Waals surface area contributed by atoms with Crippen molar-refractivity contribution >= 4 is 41.5 Å². The quantitative estimate of drug-likeness (QED) is 0.354. The third-order valence-corrected chi connectivity index (χ3v) is 5.62. The molecule has 1 unspecified atom stereocenters. The summed E-state index contributed by atoms with van der Waals surface area (Å²) in [6.07, 6.45) is 6.01. The number of aryl methyl sites for hydroxylation is 1. The maximum absolute atomic E-state index is 6.35. The van der Waals surface area contributed by atoms with Gasteiger partial charge in [0.1, 0.15) is 13.2 Å². The molecule has 0 radical (unpaired) electrons. The molecule has 0 saturated carbocycles.